The number of carboxylic acid groups (broad SMARTS) is 1. The molecule has 324 valence electrons. The Morgan fingerprint density at radius 3 is 1.36 bits per heavy atom. The van der Waals surface area contributed by atoms with Crippen molar-refractivity contribution in [3.63, 3.8) is 0 Å². The van der Waals surface area contributed by atoms with Gasteiger partial charge in [-0.05, 0) is 127 Å². The molecule has 0 saturated heterocycles. The lowest BCUT2D eigenvalue weighted by Crippen LogP contribution is -2.41. The van der Waals surface area contributed by atoms with E-state index in [0.29, 0.717) is 64.9 Å². The predicted molar refractivity (Wildman–Crippen MR) is 237 cm³/mol. The van der Waals surface area contributed by atoms with Crippen molar-refractivity contribution in [2.24, 2.45) is 27.6 Å². The van der Waals surface area contributed by atoms with Gasteiger partial charge in [0.25, 0.3) is 0 Å². The van der Waals surface area contributed by atoms with E-state index in [-0.39, 0.29) is 18.5 Å². The summed E-state index contributed by atoms with van der Waals surface area (Å²) in [7, 11) is 0. The number of nitrogens with two attached hydrogens (primary N) is 3. The Morgan fingerprint density at radius 2 is 1.00 bits per heavy atom. The second kappa shape index (κ2) is 18.8. The maximum Gasteiger partial charge on any atom is 0.303 e. The lowest BCUT2D eigenvalue weighted by atomic mass is 9.77. The molecule has 2 fully saturated rings. The third kappa shape index (κ3) is 10.5. The SMILES string of the molecule is CC1(C)Oc2ncnc(N)c2N=C1c1ccc(C2CCC(CCC(=O)O)CC2)cc1.CC1(C)Oc2ncnc(N)c2N=C1c1ccc(C2CCC(CCC(N)=O)CC2)cc1.N. The Kier molecular flexibility index (Phi) is 13.7. The van der Waals surface area contributed by atoms with Gasteiger partial charge in [-0.15, -0.1) is 0 Å². The van der Waals surface area contributed by atoms with Crippen LogP contribution >= 0.6 is 0 Å². The minimum absolute atomic E-state index is 0. The number of nitrogen functional groups attached to an aromatic ring is 2. The van der Waals surface area contributed by atoms with Crippen molar-refractivity contribution in [1.29, 1.82) is 0 Å². The van der Waals surface area contributed by atoms with Crippen LogP contribution in [0.4, 0.5) is 23.0 Å². The summed E-state index contributed by atoms with van der Waals surface area (Å²) < 4.78 is 12.1. The number of hydrogen-bond donors (Lipinski definition) is 5. The van der Waals surface area contributed by atoms with Gasteiger partial charge in [-0.25, -0.2) is 20.0 Å². The first-order valence-corrected chi connectivity index (χ1v) is 21.1. The van der Waals surface area contributed by atoms with Gasteiger partial charge < -0.3 is 37.9 Å². The number of primary amides is 1. The second-order valence-corrected chi connectivity index (χ2v) is 17.6. The number of anilines is 2. The van der Waals surface area contributed by atoms with Crippen LogP contribution in [0.5, 0.6) is 11.8 Å². The zero-order valence-corrected chi connectivity index (χ0v) is 35.8. The van der Waals surface area contributed by atoms with Crippen molar-refractivity contribution in [2.45, 2.75) is 128 Å². The van der Waals surface area contributed by atoms with E-state index in [1.54, 1.807) is 0 Å². The topological polar surface area (TPSA) is 262 Å². The number of rotatable bonds is 10. The molecule has 4 aromatic rings. The maximum atomic E-state index is 11.0. The molecule has 0 atom stereocenters. The number of carboxylic acids is 1. The van der Waals surface area contributed by atoms with E-state index in [4.69, 9.17) is 41.8 Å². The molecular weight excluding hydrogens is 773 g/mol. The highest BCUT2D eigenvalue weighted by atomic mass is 16.5. The molecule has 2 aromatic carbocycles. The molecule has 15 nitrogen and oxygen atoms in total. The zero-order chi connectivity index (χ0) is 42.6. The Hall–Kier alpha value is -5.96. The summed E-state index contributed by atoms with van der Waals surface area (Å²) in [5, 5.41) is 8.88. The van der Waals surface area contributed by atoms with Crippen molar-refractivity contribution in [2.75, 3.05) is 11.5 Å². The summed E-state index contributed by atoms with van der Waals surface area (Å²) in [5.41, 5.74) is 23.3. The van der Waals surface area contributed by atoms with Gasteiger partial charge in [0.1, 0.15) is 23.9 Å². The number of aliphatic carboxylic acids is 1. The van der Waals surface area contributed by atoms with Crippen LogP contribution < -0.4 is 32.8 Å². The first-order chi connectivity index (χ1) is 28.7. The molecule has 0 bridgehead atoms. The van der Waals surface area contributed by atoms with Crippen molar-refractivity contribution in [3.8, 4) is 11.8 Å². The van der Waals surface area contributed by atoms with Gasteiger partial charge in [-0.2, -0.15) is 9.97 Å². The van der Waals surface area contributed by atoms with E-state index < -0.39 is 17.2 Å². The number of carbonyl (C=O) groups excluding carboxylic acids is 1. The minimum Gasteiger partial charge on any atom is -0.481 e. The van der Waals surface area contributed by atoms with Crippen molar-refractivity contribution >= 4 is 46.3 Å². The number of carbonyl (C=O) groups is 2. The van der Waals surface area contributed by atoms with Crippen molar-refractivity contribution in [1.82, 2.24) is 26.1 Å². The number of hydrogen-bond acceptors (Lipinski definition) is 13. The summed E-state index contributed by atoms with van der Waals surface area (Å²) >= 11 is 0. The van der Waals surface area contributed by atoms with Gasteiger partial charge in [-0.3, -0.25) is 9.59 Å². The average molecular weight is 833 g/mol. The average Bonchev–Trinajstić information content (AvgIpc) is 3.22. The first kappa shape index (κ1) is 44.6. The molecule has 0 spiro atoms. The largest absolute Gasteiger partial charge is 0.481 e. The maximum absolute atomic E-state index is 11.0. The highest BCUT2D eigenvalue weighted by molar-refractivity contribution is 6.10. The quantitative estimate of drug-likeness (QED) is 0.101. The molecule has 2 aromatic heterocycles. The van der Waals surface area contributed by atoms with Crippen LogP contribution in [0.1, 0.15) is 139 Å². The molecule has 61 heavy (non-hydrogen) atoms. The third-order valence-electron chi connectivity index (χ3n) is 12.5. The van der Waals surface area contributed by atoms with E-state index in [1.165, 1.54) is 23.8 Å². The highest BCUT2D eigenvalue weighted by Gasteiger charge is 2.37. The lowest BCUT2D eigenvalue weighted by Gasteiger charge is -2.32. The Balaban J connectivity index is 0.000000201. The van der Waals surface area contributed by atoms with Gasteiger partial charge in [0, 0.05) is 24.0 Å². The standard InChI is InChI=1S/C23H29N5O2.C23H28N4O3.H3N/c1-23(2)20(28-19-21(25)26-13-27-22(19)30-23)17-10-8-16(9-11-17)15-6-3-14(4-7-15)5-12-18(24)29;1-23(2)20(27-19-21(24)25-13-26-22(19)30-23)17-10-8-16(9-11-17)15-6-3-14(4-7-15)5-12-18(28)29;/h8-11,13-15H,3-7,12H2,1-2H3,(H2,24,29)(H2,25,26,27);8-11,13-15H,3-7,12H2,1-2H3,(H,28,29)(H2,24,25,26);1H3. The zero-order valence-electron chi connectivity index (χ0n) is 35.8. The molecule has 4 heterocycles. The van der Waals surface area contributed by atoms with E-state index in [1.807, 2.05) is 27.7 Å². The number of ether oxygens (including phenoxy) is 2. The third-order valence-corrected chi connectivity index (χ3v) is 12.5. The van der Waals surface area contributed by atoms with Crippen LogP contribution in [0.3, 0.4) is 0 Å². The highest BCUT2D eigenvalue weighted by Crippen LogP contribution is 2.42. The van der Waals surface area contributed by atoms with Crippen LogP contribution in [0.15, 0.2) is 71.2 Å². The van der Waals surface area contributed by atoms with Crippen molar-refractivity contribution < 1.29 is 24.2 Å². The summed E-state index contributed by atoms with van der Waals surface area (Å²) in [6.45, 7) is 7.90. The molecule has 2 aliphatic carbocycles. The van der Waals surface area contributed by atoms with Crippen LogP contribution in [-0.4, -0.2) is 59.5 Å². The minimum atomic E-state index is -0.693. The fourth-order valence-electron chi connectivity index (χ4n) is 9.08. The first-order valence-electron chi connectivity index (χ1n) is 21.1. The van der Waals surface area contributed by atoms with E-state index in [2.05, 4.69) is 68.5 Å². The van der Waals surface area contributed by atoms with E-state index in [9.17, 15) is 9.59 Å². The number of aliphatic imine (C=N–C) groups is 2. The number of amides is 1. The monoisotopic (exact) mass is 832 g/mol. The Bertz CT molecular complexity index is 2080. The van der Waals surface area contributed by atoms with E-state index >= 15 is 0 Å². The fraction of sp³-hybridized carbons (Fsp3) is 0.478. The van der Waals surface area contributed by atoms with Crippen molar-refractivity contribution in [3.05, 3.63) is 83.4 Å². The number of nitrogens with zero attached hydrogens (tertiary/aromatic N) is 6. The molecule has 0 radical (unpaired) electrons. The van der Waals surface area contributed by atoms with Crippen LogP contribution in [0, 0.1) is 11.8 Å². The molecule has 8 rings (SSSR count). The summed E-state index contributed by atoms with van der Waals surface area (Å²) in [6, 6.07) is 17.2. The molecule has 1 amide bonds. The lowest BCUT2D eigenvalue weighted by molar-refractivity contribution is -0.137. The van der Waals surface area contributed by atoms with Gasteiger partial charge in [0.05, 0.1) is 11.4 Å². The molecule has 0 unspecified atom stereocenters. The normalized spacial score (nSPS) is 22.2. The smallest absolute Gasteiger partial charge is 0.303 e. The molecule has 4 aliphatic rings. The Labute approximate surface area is 357 Å². The molecule has 2 saturated carbocycles. The van der Waals surface area contributed by atoms with Gasteiger partial charge in [0.2, 0.25) is 17.7 Å². The van der Waals surface area contributed by atoms with Gasteiger partial charge >= 0.3 is 5.97 Å². The summed E-state index contributed by atoms with van der Waals surface area (Å²) in [6.07, 6.45) is 14.3. The van der Waals surface area contributed by atoms with Gasteiger partial charge in [-0.1, -0.05) is 48.5 Å². The van der Waals surface area contributed by atoms with Crippen LogP contribution in [0.25, 0.3) is 0 Å². The fourth-order valence-corrected chi connectivity index (χ4v) is 9.08. The van der Waals surface area contributed by atoms with Gasteiger partial charge in [0.15, 0.2) is 23.0 Å². The second-order valence-electron chi connectivity index (χ2n) is 17.6. The number of fused-ring (bicyclic) bond motifs is 2. The molecule has 2 aliphatic heterocycles. The summed E-state index contributed by atoms with van der Waals surface area (Å²) in [4.78, 5) is 47.7. The predicted octanol–water partition coefficient (Wildman–Crippen LogP) is 8.54. The van der Waals surface area contributed by atoms with Crippen LogP contribution in [-0.2, 0) is 9.59 Å². The van der Waals surface area contributed by atoms with Crippen LogP contribution in [0.2, 0.25) is 0 Å². The van der Waals surface area contributed by atoms with E-state index in [0.717, 1.165) is 86.8 Å². The number of benzene rings is 2. The number of aromatic nitrogens is 4. The molecule has 15 heteroatoms. The molecule has 10 N–H and O–H groups in total. The summed E-state index contributed by atoms with van der Waals surface area (Å²) in [5.74, 6) is 2.82. The Morgan fingerprint density at radius 1 is 0.623 bits per heavy atom. The molecular formula is C46H60N10O5.